The molecule has 5 heteroatoms. The van der Waals surface area contributed by atoms with Gasteiger partial charge in [-0.15, -0.1) is 0 Å². The van der Waals surface area contributed by atoms with E-state index < -0.39 is 11.1 Å². The van der Waals surface area contributed by atoms with Crippen molar-refractivity contribution in [3.63, 3.8) is 0 Å². The maximum absolute atomic E-state index is 16.8. The highest BCUT2D eigenvalue weighted by Gasteiger charge is 2.47. The van der Waals surface area contributed by atoms with Gasteiger partial charge in [0.15, 0.2) is 0 Å². The van der Waals surface area contributed by atoms with E-state index in [9.17, 15) is 4.79 Å². The highest BCUT2D eigenvalue weighted by atomic mass is 19.1. The topological polar surface area (TPSA) is 38.8 Å². The lowest BCUT2D eigenvalue weighted by atomic mass is 9.74. The summed E-state index contributed by atoms with van der Waals surface area (Å²) in [5.74, 6) is 0.154. The van der Waals surface area contributed by atoms with Gasteiger partial charge in [0.25, 0.3) is 0 Å². The molecule has 1 saturated heterocycles. The van der Waals surface area contributed by atoms with E-state index >= 15 is 4.39 Å². The van der Waals surface area contributed by atoms with Gasteiger partial charge in [-0.05, 0) is 53.6 Å². The molecule has 4 aromatic carbocycles. The Morgan fingerprint density at radius 3 is 1.98 bits per heavy atom. The molecular weight excluding hydrogens is 525 g/mol. The molecule has 4 aromatic rings. The van der Waals surface area contributed by atoms with Crippen LogP contribution >= 0.6 is 0 Å². The van der Waals surface area contributed by atoms with Crippen molar-refractivity contribution >= 4 is 5.97 Å². The lowest BCUT2D eigenvalue weighted by Crippen LogP contribution is -2.53. The Balaban J connectivity index is 1.34. The molecule has 1 heterocycles. The highest BCUT2D eigenvalue weighted by Crippen LogP contribution is 2.43. The number of hydrogen-bond donors (Lipinski definition) is 0. The summed E-state index contributed by atoms with van der Waals surface area (Å²) in [6, 6.07) is 37.6. The molecule has 2 unspecified atom stereocenters. The molecule has 42 heavy (non-hydrogen) atoms. The van der Waals surface area contributed by atoms with Crippen LogP contribution in [0.5, 0.6) is 5.75 Å². The molecule has 0 amide bonds. The summed E-state index contributed by atoms with van der Waals surface area (Å²) < 4.78 is 28.3. The summed E-state index contributed by atoms with van der Waals surface area (Å²) >= 11 is 0. The van der Waals surface area contributed by atoms with Crippen LogP contribution in [0.1, 0.15) is 35.6 Å². The van der Waals surface area contributed by atoms with Crippen molar-refractivity contribution in [3.05, 3.63) is 138 Å². The van der Waals surface area contributed by atoms with Crippen LogP contribution in [-0.2, 0) is 34.6 Å². The third kappa shape index (κ3) is 6.91. The van der Waals surface area contributed by atoms with E-state index in [1.165, 1.54) is 7.11 Å². The normalized spacial score (nSPS) is 19.3. The van der Waals surface area contributed by atoms with Crippen molar-refractivity contribution < 1.29 is 18.7 Å². The van der Waals surface area contributed by atoms with Crippen LogP contribution in [0.4, 0.5) is 4.39 Å². The summed E-state index contributed by atoms with van der Waals surface area (Å²) in [5, 5.41) is 0. The summed E-state index contributed by atoms with van der Waals surface area (Å²) in [6.07, 6.45) is 1.42. The second-order valence-corrected chi connectivity index (χ2v) is 11.6. The molecule has 0 N–H and O–H groups in total. The van der Waals surface area contributed by atoms with E-state index in [-0.39, 0.29) is 11.9 Å². The number of rotatable bonds is 11. The Morgan fingerprint density at radius 1 is 0.857 bits per heavy atom. The first-order valence-corrected chi connectivity index (χ1v) is 14.7. The van der Waals surface area contributed by atoms with Gasteiger partial charge in [-0.1, -0.05) is 110 Å². The average molecular weight is 566 g/mol. The molecule has 4 nitrogen and oxygen atoms in total. The van der Waals surface area contributed by atoms with E-state index in [4.69, 9.17) is 9.47 Å². The second kappa shape index (κ2) is 13.3. The summed E-state index contributed by atoms with van der Waals surface area (Å²) in [5.41, 5.74) is 1.58. The number of carbonyl (C=O) groups excluding carboxylic acids is 1. The molecule has 218 valence electrons. The predicted molar refractivity (Wildman–Crippen MR) is 165 cm³/mol. The number of methoxy groups -OCH3 is 1. The Morgan fingerprint density at radius 2 is 1.43 bits per heavy atom. The number of piperidine rings is 1. The minimum absolute atomic E-state index is 0.233. The lowest BCUT2D eigenvalue weighted by molar-refractivity contribution is -0.155. The van der Waals surface area contributed by atoms with E-state index in [0.29, 0.717) is 56.8 Å². The van der Waals surface area contributed by atoms with Gasteiger partial charge in [0.1, 0.15) is 18.0 Å². The molecule has 0 spiro atoms. The summed E-state index contributed by atoms with van der Waals surface area (Å²) in [6.45, 7) is 3.97. The number of ether oxygens (including phenoxy) is 2. The number of carbonyl (C=O) groups is 1. The maximum Gasteiger partial charge on any atom is 0.313 e. The molecule has 0 aliphatic carbocycles. The molecule has 0 bridgehead atoms. The van der Waals surface area contributed by atoms with Crippen molar-refractivity contribution in [2.75, 3.05) is 26.7 Å². The van der Waals surface area contributed by atoms with Crippen LogP contribution in [-0.4, -0.2) is 37.6 Å². The van der Waals surface area contributed by atoms with Crippen LogP contribution in [0.3, 0.4) is 0 Å². The quantitative estimate of drug-likeness (QED) is 0.178. The number of nitrogens with zero attached hydrogens (tertiary/aromatic N) is 1. The minimum atomic E-state index is -1.49. The SMILES string of the molecule is COC(=O)C(Cc1ccccc1)(Cc1ccccc1)CN1CCC(F)(c2cccc(OCc3ccccc3)c2)C(C)C1. The first kappa shape index (κ1) is 29.5. The number of esters is 1. The molecule has 1 fully saturated rings. The molecule has 0 radical (unpaired) electrons. The molecule has 2 atom stereocenters. The number of likely N-dealkylation sites (tertiary alicyclic amines) is 1. The van der Waals surface area contributed by atoms with Gasteiger partial charge in [0.2, 0.25) is 0 Å². The Labute approximate surface area is 249 Å². The summed E-state index contributed by atoms with van der Waals surface area (Å²) in [4.78, 5) is 15.9. The van der Waals surface area contributed by atoms with E-state index in [0.717, 1.165) is 16.7 Å². The monoisotopic (exact) mass is 565 g/mol. The zero-order valence-corrected chi connectivity index (χ0v) is 24.5. The molecule has 5 rings (SSSR count). The van der Waals surface area contributed by atoms with Crippen molar-refractivity contribution in [3.8, 4) is 5.75 Å². The first-order valence-electron chi connectivity index (χ1n) is 14.7. The van der Waals surface area contributed by atoms with Crippen LogP contribution in [0.15, 0.2) is 115 Å². The third-order valence-corrected chi connectivity index (χ3v) is 8.58. The smallest absolute Gasteiger partial charge is 0.313 e. The van der Waals surface area contributed by atoms with Crippen LogP contribution in [0.2, 0.25) is 0 Å². The molecule has 1 aliphatic heterocycles. The first-order chi connectivity index (χ1) is 20.4. The Hall–Kier alpha value is -3.96. The largest absolute Gasteiger partial charge is 0.489 e. The van der Waals surface area contributed by atoms with Gasteiger partial charge in [-0.3, -0.25) is 4.79 Å². The van der Waals surface area contributed by atoms with Gasteiger partial charge >= 0.3 is 5.97 Å². The molecule has 0 saturated carbocycles. The maximum atomic E-state index is 16.8. The second-order valence-electron chi connectivity index (χ2n) is 11.6. The zero-order valence-electron chi connectivity index (χ0n) is 24.5. The van der Waals surface area contributed by atoms with E-state index in [2.05, 4.69) is 29.2 Å². The average Bonchev–Trinajstić information content (AvgIpc) is 3.03. The Bertz CT molecular complexity index is 1390. The van der Waals surface area contributed by atoms with E-state index in [1.807, 2.05) is 97.9 Å². The van der Waals surface area contributed by atoms with Crippen molar-refractivity contribution in [2.24, 2.45) is 11.3 Å². The Kier molecular flexibility index (Phi) is 9.38. The predicted octanol–water partition coefficient (Wildman–Crippen LogP) is 7.42. The van der Waals surface area contributed by atoms with Crippen LogP contribution in [0.25, 0.3) is 0 Å². The van der Waals surface area contributed by atoms with Gasteiger partial charge in [-0.25, -0.2) is 4.39 Å². The van der Waals surface area contributed by atoms with Gasteiger partial charge in [0, 0.05) is 25.6 Å². The van der Waals surface area contributed by atoms with Crippen molar-refractivity contribution in [2.45, 2.75) is 38.5 Å². The number of halogens is 1. The molecular formula is C37H40FNO3. The minimum Gasteiger partial charge on any atom is -0.489 e. The number of hydrogen-bond acceptors (Lipinski definition) is 4. The van der Waals surface area contributed by atoms with Gasteiger partial charge in [-0.2, -0.15) is 0 Å². The van der Waals surface area contributed by atoms with Crippen LogP contribution < -0.4 is 4.74 Å². The van der Waals surface area contributed by atoms with Crippen molar-refractivity contribution in [1.29, 1.82) is 0 Å². The van der Waals surface area contributed by atoms with Crippen molar-refractivity contribution in [1.82, 2.24) is 4.90 Å². The fourth-order valence-electron chi connectivity index (χ4n) is 6.35. The van der Waals surface area contributed by atoms with Crippen LogP contribution in [0, 0.1) is 11.3 Å². The molecule has 0 aromatic heterocycles. The highest BCUT2D eigenvalue weighted by molar-refractivity contribution is 5.78. The lowest BCUT2D eigenvalue weighted by Gasteiger charge is -2.45. The summed E-state index contributed by atoms with van der Waals surface area (Å²) in [7, 11) is 1.46. The standard InChI is InChI=1S/C37H40FNO3/c1-29-26-39(22-21-37(29,38)33-19-12-20-34(23-33)42-27-32-17-10-5-11-18-32)28-36(35(40)41-2,24-30-13-6-3-7-14-30)25-31-15-8-4-9-16-31/h3-20,23,29H,21-22,24-28H2,1-2H3. The van der Waals surface area contributed by atoms with E-state index in [1.54, 1.807) is 0 Å². The fraction of sp³-hybridized carbons (Fsp3) is 0.324. The fourth-order valence-corrected chi connectivity index (χ4v) is 6.35. The zero-order chi connectivity index (χ0) is 29.4. The number of alkyl halides is 1. The third-order valence-electron chi connectivity index (χ3n) is 8.58. The number of benzene rings is 4. The molecule has 1 aliphatic rings. The van der Waals surface area contributed by atoms with Gasteiger partial charge in [0.05, 0.1) is 12.5 Å². The van der Waals surface area contributed by atoms with Gasteiger partial charge < -0.3 is 14.4 Å².